The molecule has 4 aromatic rings. The summed E-state index contributed by atoms with van der Waals surface area (Å²) >= 11 is 6.53. The molecule has 2 heterocycles. The molecule has 41 heavy (non-hydrogen) atoms. The summed E-state index contributed by atoms with van der Waals surface area (Å²) in [6.07, 6.45) is 12.1. The Balaban J connectivity index is 1.17. The number of benzene rings is 2. The number of ketones is 1. The van der Waals surface area contributed by atoms with Crippen molar-refractivity contribution in [2.24, 2.45) is 5.92 Å². The molecule has 212 valence electrons. The second-order valence-corrected chi connectivity index (χ2v) is 11.5. The van der Waals surface area contributed by atoms with Gasteiger partial charge in [0, 0.05) is 59.9 Å². The van der Waals surface area contributed by atoms with Crippen LogP contribution >= 0.6 is 11.6 Å². The van der Waals surface area contributed by atoms with Crippen LogP contribution in [0.5, 0.6) is 0 Å². The maximum Gasteiger partial charge on any atom is 0.251 e. The summed E-state index contributed by atoms with van der Waals surface area (Å²) in [4.78, 5) is 39.9. The van der Waals surface area contributed by atoms with Crippen molar-refractivity contribution in [1.82, 2.24) is 25.2 Å². The van der Waals surface area contributed by atoms with Crippen LogP contribution in [0.2, 0.25) is 5.02 Å². The van der Waals surface area contributed by atoms with Crippen LogP contribution in [0.15, 0.2) is 73.1 Å². The van der Waals surface area contributed by atoms with E-state index in [0.717, 1.165) is 72.2 Å². The van der Waals surface area contributed by atoms with Gasteiger partial charge in [0.05, 0.1) is 10.7 Å². The molecule has 0 bridgehead atoms. The lowest BCUT2D eigenvalue weighted by molar-refractivity contribution is -0.114. The topological polar surface area (TPSA) is 91.0 Å². The van der Waals surface area contributed by atoms with E-state index in [9.17, 15) is 9.59 Å². The Kier molecular flexibility index (Phi) is 9.27. The average Bonchev–Trinajstić information content (AvgIpc) is 3.38. The van der Waals surface area contributed by atoms with E-state index in [4.69, 9.17) is 16.6 Å². The number of nitrogens with one attached hydrogen (secondary N) is 2. The van der Waals surface area contributed by atoms with Gasteiger partial charge in [0.15, 0.2) is 5.78 Å². The second-order valence-electron chi connectivity index (χ2n) is 11.1. The van der Waals surface area contributed by atoms with Crippen LogP contribution in [0.1, 0.15) is 47.4 Å². The predicted octanol–water partition coefficient (Wildman–Crippen LogP) is 6.04. The van der Waals surface area contributed by atoms with Crippen LogP contribution < -0.4 is 5.32 Å². The summed E-state index contributed by atoms with van der Waals surface area (Å²) in [6.45, 7) is 0.728. The van der Waals surface area contributed by atoms with Gasteiger partial charge in [-0.05, 0) is 69.1 Å². The van der Waals surface area contributed by atoms with Gasteiger partial charge in [-0.25, -0.2) is 9.97 Å². The fourth-order valence-electron chi connectivity index (χ4n) is 5.52. The molecule has 1 fully saturated rings. The van der Waals surface area contributed by atoms with Crippen molar-refractivity contribution < 1.29 is 9.59 Å². The normalized spacial score (nSPS) is 17.4. The molecule has 1 aliphatic carbocycles. The van der Waals surface area contributed by atoms with E-state index in [1.54, 1.807) is 24.4 Å². The van der Waals surface area contributed by atoms with Gasteiger partial charge < -0.3 is 15.2 Å². The number of amides is 1. The highest BCUT2D eigenvalue weighted by atomic mass is 35.5. The van der Waals surface area contributed by atoms with Gasteiger partial charge in [-0.1, -0.05) is 54.4 Å². The van der Waals surface area contributed by atoms with E-state index in [2.05, 4.69) is 21.4 Å². The van der Waals surface area contributed by atoms with Crippen LogP contribution in [0, 0.1) is 5.92 Å². The minimum Gasteiger partial charge on any atom is -0.360 e. The molecule has 1 amide bonds. The molecule has 1 aliphatic rings. The van der Waals surface area contributed by atoms with Gasteiger partial charge in [0.25, 0.3) is 5.91 Å². The highest BCUT2D eigenvalue weighted by molar-refractivity contribution is 6.33. The summed E-state index contributed by atoms with van der Waals surface area (Å²) in [5.41, 5.74) is 4.26. The summed E-state index contributed by atoms with van der Waals surface area (Å²) in [5.74, 6) is 1.12. The number of carbonyl (C=O) groups excluding carboxylic acids is 2. The first kappa shape index (κ1) is 28.7. The molecule has 0 saturated heterocycles. The van der Waals surface area contributed by atoms with Gasteiger partial charge in [0.2, 0.25) is 0 Å². The van der Waals surface area contributed by atoms with Crippen LogP contribution in [-0.2, 0) is 17.6 Å². The molecule has 2 unspecified atom stereocenters. The number of fused-ring (bicyclic) bond motifs is 1. The van der Waals surface area contributed by atoms with Crippen molar-refractivity contribution in [3.8, 4) is 11.3 Å². The van der Waals surface area contributed by atoms with Crippen LogP contribution in [0.4, 0.5) is 0 Å². The van der Waals surface area contributed by atoms with E-state index < -0.39 is 0 Å². The fraction of sp³-hybridized carbons (Fsp3) is 0.333. The van der Waals surface area contributed by atoms with E-state index in [1.165, 1.54) is 0 Å². The zero-order valence-corrected chi connectivity index (χ0v) is 24.3. The zero-order chi connectivity index (χ0) is 28.8. The van der Waals surface area contributed by atoms with Crippen molar-refractivity contribution in [2.45, 2.75) is 44.6 Å². The summed E-state index contributed by atoms with van der Waals surface area (Å²) < 4.78 is 0. The van der Waals surface area contributed by atoms with E-state index in [0.29, 0.717) is 22.9 Å². The Labute approximate surface area is 246 Å². The molecular weight excluding hydrogens is 534 g/mol. The van der Waals surface area contributed by atoms with Crippen molar-refractivity contribution in [2.75, 3.05) is 20.6 Å². The van der Waals surface area contributed by atoms with E-state index in [-0.39, 0.29) is 17.7 Å². The Bertz CT molecular complexity index is 1540. The largest absolute Gasteiger partial charge is 0.360 e. The molecule has 0 aliphatic heterocycles. The number of H-pyrrole nitrogens is 1. The van der Waals surface area contributed by atoms with Crippen molar-refractivity contribution in [1.29, 1.82) is 0 Å². The third-order valence-electron chi connectivity index (χ3n) is 7.60. The van der Waals surface area contributed by atoms with Gasteiger partial charge in [-0.15, -0.1) is 0 Å². The number of rotatable bonds is 10. The first-order valence-electron chi connectivity index (χ1n) is 14.2. The number of para-hydroxylation sites is 1. The first-order valence-corrected chi connectivity index (χ1v) is 14.6. The van der Waals surface area contributed by atoms with E-state index >= 15 is 0 Å². The Morgan fingerprint density at radius 2 is 1.93 bits per heavy atom. The van der Waals surface area contributed by atoms with Crippen LogP contribution in [0.25, 0.3) is 22.2 Å². The minimum absolute atomic E-state index is 0.0514. The van der Waals surface area contributed by atoms with Crippen LogP contribution in [0.3, 0.4) is 0 Å². The third-order valence-corrected chi connectivity index (χ3v) is 7.87. The van der Waals surface area contributed by atoms with Gasteiger partial charge in [-0.2, -0.15) is 0 Å². The average molecular weight is 570 g/mol. The van der Waals surface area contributed by atoms with Gasteiger partial charge >= 0.3 is 0 Å². The van der Waals surface area contributed by atoms with Gasteiger partial charge in [-0.3, -0.25) is 9.59 Å². The first-order chi connectivity index (χ1) is 19.9. The molecule has 2 N–H and O–H groups in total. The number of hydrogen-bond donors (Lipinski definition) is 2. The number of allylic oxidation sites excluding steroid dienone is 1. The molecule has 7 nitrogen and oxygen atoms in total. The molecule has 2 aromatic carbocycles. The molecule has 5 rings (SSSR count). The monoisotopic (exact) mass is 569 g/mol. The van der Waals surface area contributed by atoms with Crippen LogP contribution in [-0.4, -0.2) is 58.2 Å². The number of aromatic nitrogens is 3. The van der Waals surface area contributed by atoms with Gasteiger partial charge in [0.1, 0.15) is 5.82 Å². The fourth-order valence-corrected chi connectivity index (χ4v) is 5.71. The number of hydrogen-bond acceptors (Lipinski definition) is 5. The lowest BCUT2D eigenvalue weighted by Gasteiger charge is -2.29. The molecule has 2 atom stereocenters. The zero-order valence-electron chi connectivity index (χ0n) is 23.6. The molecule has 8 heteroatoms. The maximum atomic E-state index is 13.0. The summed E-state index contributed by atoms with van der Waals surface area (Å²) in [5, 5.41) is 4.84. The Hall–Kier alpha value is -3.81. The highest BCUT2D eigenvalue weighted by Gasteiger charge is 2.25. The predicted molar refractivity (Wildman–Crippen MR) is 164 cm³/mol. The molecule has 0 radical (unpaired) electrons. The number of aromatic amines is 1. The number of halogens is 1. The van der Waals surface area contributed by atoms with E-state index in [1.807, 2.05) is 61.6 Å². The highest BCUT2D eigenvalue weighted by Crippen LogP contribution is 2.33. The minimum atomic E-state index is -0.0798. The molecule has 0 spiro atoms. The van der Waals surface area contributed by atoms with Crippen molar-refractivity contribution in [3.63, 3.8) is 0 Å². The SMILES string of the molecule is CN(C)C/C=C/C(=O)Cc1ccc(C(=O)NC2CCCC(Cc3ncc(Cl)c(-c4c[nH]c5ccccc45)n3)C2)cc1. The quantitative estimate of drug-likeness (QED) is 0.227. The molecular formula is C33H36ClN5O2. The molecule has 2 aromatic heterocycles. The Morgan fingerprint density at radius 1 is 1.12 bits per heavy atom. The smallest absolute Gasteiger partial charge is 0.251 e. The summed E-state index contributed by atoms with van der Waals surface area (Å²) in [7, 11) is 3.92. The Morgan fingerprint density at radius 3 is 2.73 bits per heavy atom. The number of carbonyl (C=O) groups is 2. The second kappa shape index (κ2) is 13.2. The van der Waals surface area contributed by atoms with Crippen molar-refractivity contribution in [3.05, 3.63) is 95.1 Å². The molecule has 1 saturated carbocycles. The third kappa shape index (κ3) is 7.48. The lowest BCUT2D eigenvalue weighted by atomic mass is 9.83. The lowest BCUT2D eigenvalue weighted by Crippen LogP contribution is -2.38. The maximum absolute atomic E-state index is 13.0. The van der Waals surface area contributed by atoms with Crippen molar-refractivity contribution >= 4 is 34.2 Å². The number of nitrogens with zero attached hydrogens (tertiary/aromatic N) is 3. The summed E-state index contributed by atoms with van der Waals surface area (Å²) in [6, 6.07) is 15.5. The standard InChI is InChI=1S/C33H36ClN5O2/c1-39(2)16-6-9-26(40)18-22-12-14-24(15-13-22)33(41)37-25-8-5-7-23(17-25)19-31-36-21-29(34)32(38-31)28-20-35-30-11-4-3-10-27(28)30/h3-4,6,9-15,20-21,23,25,35H,5,7-8,16-19H2,1-2H3,(H,37,41)/b9-6+. The number of likely N-dealkylation sites (N-methyl/N-ethyl adjacent to an activating group) is 1.